The van der Waals surface area contributed by atoms with Crippen molar-refractivity contribution in [2.24, 2.45) is 0 Å². The van der Waals surface area contributed by atoms with Crippen LogP contribution in [-0.4, -0.2) is 10.9 Å². The molecule has 0 aliphatic heterocycles. The van der Waals surface area contributed by atoms with Gasteiger partial charge in [0.2, 0.25) is 5.56 Å². The van der Waals surface area contributed by atoms with Gasteiger partial charge in [-0.05, 0) is 44.4 Å². The van der Waals surface area contributed by atoms with Gasteiger partial charge < -0.3 is 16.0 Å². The molecule has 0 spiro atoms. The van der Waals surface area contributed by atoms with Crippen molar-refractivity contribution in [3.8, 4) is 0 Å². The number of aryl methyl sites for hydroxylation is 4. The third kappa shape index (κ3) is 2.69. The second kappa shape index (κ2) is 5.79. The summed E-state index contributed by atoms with van der Waals surface area (Å²) in [6, 6.07) is 5.54. The molecule has 0 saturated carbocycles. The summed E-state index contributed by atoms with van der Waals surface area (Å²) in [4.78, 5) is 28.1. The van der Waals surface area contributed by atoms with Crippen LogP contribution in [0.25, 0.3) is 10.2 Å². The van der Waals surface area contributed by atoms with Gasteiger partial charge in [-0.2, -0.15) is 0 Å². The number of nitrogen functional groups attached to an aromatic ring is 1. The van der Waals surface area contributed by atoms with E-state index in [0.717, 1.165) is 33.3 Å². The third-order valence-electron chi connectivity index (χ3n) is 4.05. The maximum atomic E-state index is 12.7. The Bertz CT molecular complexity index is 1010. The smallest absolute Gasteiger partial charge is 0.267 e. The number of aromatic nitrogens is 1. The molecule has 2 heterocycles. The maximum absolute atomic E-state index is 12.7. The fourth-order valence-electron chi connectivity index (χ4n) is 3.06. The molecule has 0 radical (unpaired) electrons. The Kier molecular flexibility index (Phi) is 3.93. The van der Waals surface area contributed by atoms with E-state index in [0.29, 0.717) is 15.4 Å². The Hall–Kier alpha value is -2.60. The van der Waals surface area contributed by atoms with Crippen LogP contribution in [0.5, 0.6) is 0 Å². The van der Waals surface area contributed by atoms with E-state index in [4.69, 9.17) is 5.73 Å². The lowest BCUT2D eigenvalue weighted by Gasteiger charge is -2.12. The molecular formula is C18H19N3O2S. The molecule has 0 atom stereocenters. The second-order valence-corrected chi connectivity index (χ2v) is 7.11. The molecule has 0 unspecified atom stereocenters. The average Bonchev–Trinajstić information content (AvgIpc) is 2.79. The Labute approximate surface area is 143 Å². The first-order valence-corrected chi connectivity index (χ1v) is 8.40. The van der Waals surface area contributed by atoms with E-state index in [-0.39, 0.29) is 11.5 Å². The lowest BCUT2D eigenvalue weighted by atomic mass is 10.0. The number of aromatic amines is 1. The molecule has 4 N–H and O–H groups in total. The second-order valence-electron chi connectivity index (χ2n) is 6.09. The molecular weight excluding hydrogens is 322 g/mol. The van der Waals surface area contributed by atoms with Gasteiger partial charge in [-0.25, -0.2) is 0 Å². The zero-order valence-corrected chi connectivity index (χ0v) is 14.9. The number of pyridine rings is 1. The van der Waals surface area contributed by atoms with Gasteiger partial charge in [0.05, 0.1) is 5.69 Å². The first kappa shape index (κ1) is 16.3. The fraction of sp³-hybridized carbons (Fsp3) is 0.222. The molecule has 3 aromatic rings. The molecule has 124 valence electrons. The van der Waals surface area contributed by atoms with Crippen LogP contribution < -0.4 is 16.6 Å². The van der Waals surface area contributed by atoms with Crippen molar-refractivity contribution < 1.29 is 4.79 Å². The zero-order valence-electron chi connectivity index (χ0n) is 14.0. The fourth-order valence-corrected chi connectivity index (χ4v) is 4.14. The first-order valence-electron chi connectivity index (χ1n) is 7.59. The molecule has 0 saturated heterocycles. The molecule has 0 aliphatic carbocycles. The van der Waals surface area contributed by atoms with E-state index in [2.05, 4.69) is 10.3 Å². The average molecular weight is 341 g/mol. The number of thiophene rings is 1. The molecule has 0 fully saturated rings. The van der Waals surface area contributed by atoms with Gasteiger partial charge in [0.15, 0.2) is 0 Å². The SMILES string of the molecule is Cc1cc(C)c(NC(=O)c2sc3[nH]c(=O)cc(C)c3c2N)c(C)c1. The summed E-state index contributed by atoms with van der Waals surface area (Å²) >= 11 is 1.20. The number of carbonyl (C=O) groups excluding carboxylic acids is 1. The summed E-state index contributed by atoms with van der Waals surface area (Å²) in [6.07, 6.45) is 0. The molecule has 5 nitrogen and oxygen atoms in total. The van der Waals surface area contributed by atoms with Crippen LogP contribution in [0.2, 0.25) is 0 Å². The Morgan fingerprint density at radius 2 is 1.71 bits per heavy atom. The summed E-state index contributed by atoms with van der Waals surface area (Å²) < 4.78 is 0. The van der Waals surface area contributed by atoms with Crippen molar-refractivity contribution in [2.45, 2.75) is 27.7 Å². The van der Waals surface area contributed by atoms with Gasteiger partial charge in [-0.1, -0.05) is 17.7 Å². The normalized spacial score (nSPS) is 11.0. The highest BCUT2D eigenvalue weighted by atomic mass is 32.1. The Morgan fingerprint density at radius 3 is 2.33 bits per heavy atom. The van der Waals surface area contributed by atoms with Crippen molar-refractivity contribution in [1.29, 1.82) is 0 Å². The number of hydrogen-bond acceptors (Lipinski definition) is 4. The number of H-pyrrole nitrogens is 1. The summed E-state index contributed by atoms with van der Waals surface area (Å²) in [6.45, 7) is 7.77. The summed E-state index contributed by atoms with van der Waals surface area (Å²) in [5.74, 6) is -0.260. The van der Waals surface area contributed by atoms with Gasteiger partial charge in [0.25, 0.3) is 5.91 Å². The van der Waals surface area contributed by atoms with Gasteiger partial charge in [-0.3, -0.25) is 9.59 Å². The largest absolute Gasteiger partial charge is 0.397 e. The van der Waals surface area contributed by atoms with Crippen LogP contribution in [0.4, 0.5) is 11.4 Å². The molecule has 3 rings (SSSR count). The van der Waals surface area contributed by atoms with Crippen LogP contribution in [0, 0.1) is 27.7 Å². The van der Waals surface area contributed by atoms with Crippen LogP contribution in [0.3, 0.4) is 0 Å². The van der Waals surface area contributed by atoms with Crippen LogP contribution in [0.15, 0.2) is 23.0 Å². The van der Waals surface area contributed by atoms with Gasteiger partial charge in [0, 0.05) is 17.1 Å². The minimum atomic E-state index is -0.260. The highest BCUT2D eigenvalue weighted by Crippen LogP contribution is 2.34. The van der Waals surface area contributed by atoms with E-state index < -0.39 is 0 Å². The number of carbonyl (C=O) groups is 1. The van der Waals surface area contributed by atoms with Gasteiger partial charge >= 0.3 is 0 Å². The van der Waals surface area contributed by atoms with E-state index in [1.165, 1.54) is 17.4 Å². The number of fused-ring (bicyclic) bond motifs is 1. The summed E-state index contributed by atoms with van der Waals surface area (Å²) in [5, 5.41) is 3.70. The highest BCUT2D eigenvalue weighted by Gasteiger charge is 2.19. The lowest BCUT2D eigenvalue weighted by Crippen LogP contribution is -2.14. The predicted molar refractivity (Wildman–Crippen MR) is 100 cm³/mol. The molecule has 0 aliphatic rings. The molecule has 6 heteroatoms. The van der Waals surface area contributed by atoms with Crippen molar-refractivity contribution in [1.82, 2.24) is 4.98 Å². The number of amides is 1. The monoisotopic (exact) mass is 341 g/mol. The number of rotatable bonds is 2. The number of nitrogens with one attached hydrogen (secondary N) is 2. The quantitative estimate of drug-likeness (QED) is 0.665. The number of anilines is 2. The Morgan fingerprint density at radius 1 is 1.08 bits per heavy atom. The van der Waals surface area contributed by atoms with Crippen LogP contribution in [0.1, 0.15) is 31.9 Å². The lowest BCUT2D eigenvalue weighted by molar-refractivity contribution is 0.103. The zero-order chi connectivity index (χ0) is 17.6. The predicted octanol–water partition coefficient (Wildman–Crippen LogP) is 3.66. The van der Waals surface area contributed by atoms with E-state index in [9.17, 15) is 9.59 Å². The molecule has 1 amide bonds. The van der Waals surface area contributed by atoms with E-state index >= 15 is 0 Å². The minimum Gasteiger partial charge on any atom is -0.397 e. The maximum Gasteiger partial charge on any atom is 0.267 e. The molecule has 24 heavy (non-hydrogen) atoms. The van der Waals surface area contributed by atoms with Crippen molar-refractivity contribution >= 4 is 38.8 Å². The topological polar surface area (TPSA) is 88.0 Å². The van der Waals surface area contributed by atoms with Crippen LogP contribution in [-0.2, 0) is 0 Å². The molecule has 2 aromatic heterocycles. The summed E-state index contributed by atoms with van der Waals surface area (Å²) in [7, 11) is 0. The molecule has 1 aromatic carbocycles. The van der Waals surface area contributed by atoms with Crippen molar-refractivity contribution in [2.75, 3.05) is 11.1 Å². The van der Waals surface area contributed by atoms with E-state index in [1.807, 2.05) is 39.8 Å². The van der Waals surface area contributed by atoms with Gasteiger partial charge in [0.1, 0.15) is 9.71 Å². The minimum absolute atomic E-state index is 0.196. The standard InChI is InChI=1S/C18H19N3O2S/c1-8-5-10(3)15(11(4)6-8)21-17(23)16-14(19)13-9(2)7-12(22)20-18(13)24-16/h5-7H,19H2,1-4H3,(H,20,22)(H,21,23). The van der Waals surface area contributed by atoms with Gasteiger partial charge in [-0.15, -0.1) is 11.3 Å². The Balaban J connectivity index is 2.06. The first-order chi connectivity index (χ1) is 11.3. The van der Waals surface area contributed by atoms with Crippen molar-refractivity contribution in [3.05, 3.63) is 55.7 Å². The molecule has 0 bridgehead atoms. The summed E-state index contributed by atoms with van der Waals surface area (Å²) in [5.41, 5.74) is 11.1. The van der Waals surface area contributed by atoms with Crippen LogP contribution >= 0.6 is 11.3 Å². The number of hydrogen-bond donors (Lipinski definition) is 3. The van der Waals surface area contributed by atoms with Crippen molar-refractivity contribution in [3.63, 3.8) is 0 Å². The highest BCUT2D eigenvalue weighted by molar-refractivity contribution is 7.21. The van der Waals surface area contributed by atoms with E-state index in [1.54, 1.807) is 0 Å². The third-order valence-corrected chi connectivity index (χ3v) is 5.17. The number of benzene rings is 1. The number of nitrogens with two attached hydrogens (primary N) is 1.